The standard InChI is InChI=1S/C11H20O2/c1-8(2)5-10(12)7-11(13)6-9(3)4/h7-9,12H,5-6H2,1-4H3/b10-7-. The fourth-order valence-electron chi connectivity index (χ4n) is 1.12. The number of allylic oxidation sites excluding steroid dienone is 2. The first-order chi connectivity index (χ1) is 5.91. The van der Waals surface area contributed by atoms with Crippen LogP contribution in [0.15, 0.2) is 11.8 Å². The summed E-state index contributed by atoms with van der Waals surface area (Å²) in [7, 11) is 0. The maximum Gasteiger partial charge on any atom is 0.159 e. The zero-order valence-electron chi connectivity index (χ0n) is 9.00. The predicted molar refractivity (Wildman–Crippen MR) is 54.6 cm³/mol. The van der Waals surface area contributed by atoms with Crippen LogP contribution in [0.5, 0.6) is 0 Å². The van der Waals surface area contributed by atoms with Gasteiger partial charge in [-0.1, -0.05) is 27.7 Å². The molecule has 0 aromatic carbocycles. The molecule has 0 saturated heterocycles. The van der Waals surface area contributed by atoms with Gasteiger partial charge in [-0.3, -0.25) is 4.79 Å². The number of ketones is 1. The SMILES string of the molecule is CC(C)CC(=O)/C=C(\O)CC(C)C. The molecule has 0 radical (unpaired) electrons. The number of hydrogen-bond donors (Lipinski definition) is 1. The Kier molecular flexibility index (Phi) is 5.44. The molecular weight excluding hydrogens is 164 g/mol. The van der Waals surface area contributed by atoms with Gasteiger partial charge in [0.05, 0.1) is 5.76 Å². The van der Waals surface area contributed by atoms with Gasteiger partial charge in [-0.15, -0.1) is 0 Å². The molecule has 0 unspecified atom stereocenters. The Balaban J connectivity index is 3.99. The van der Waals surface area contributed by atoms with Gasteiger partial charge in [-0.05, 0) is 11.8 Å². The van der Waals surface area contributed by atoms with Crippen LogP contribution in [-0.2, 0) is 4.79 Å². The van der Waals surface area contributed by atoms with E-state index in [1.54, 1.807) is 0 Å². The largest absolute Gasteiger partial charge is 0.512 e. The van der Waals surface area contributed by atoms with Gasteiger partial charge in [0.25, 0.3) is 0 Å². The Labute approximate surface area is 80.7 Å². The third-order valence-corrected chi connectivity index (χ3v) is 1.55. The first-order valence-corrected chi connectivity index (χ1v) is 4.84. The highest BCUT2D eigenvalue weighted by Gasteiger charge is 2.05. The van der Waals surface area contributed by atoms with Crippen LogP contribution in [0.2, 0.25) is 0 Å². The van der Waals surface area contributed by atoms with Crippen molar-refractivity contribution in [2.24, 2.45) is 11.8 Å². The molecule has 0 atom stereocenters. The van der Waals surface area contributed by atoms with Gasteiger partial charge < -0.3 is 5.11 Å². The molecule has 2 nitrogen and oxygen atoms in total. The molecule has 0 aromatic rings. The first-order valence-electron chi connectivity index (χ1n) is 4.84. The molecule has 0 saturated carbocycles. The van der Waals surface area contributed by atoms with Gasteiger partial charge in [-0.2, -0.15) is 0 Å². The van der Waals surface area contributed by atoms with E-state index in [9.17, 15) is 9.90 Å². The van der Waals surface area contributed by atoms with Gasteiger partial charge in [0, 0.05) is 18.9 Å². The monoisotopic (exact) mass is 184 g/mol. The van der Waals surface area contributed by atoms with Crippen molar-refractivity contribution in [2.45, 2.75) is 40.5 Å². The highest BCUT2D eigenvalue weighted by atomic mass is 16.3. The van der Waals surface area contributed by atoms with E-state index in [0.717, 1.165) is 0 Å². The molecule has 0 aliphatic rings. The normalized spacial score (nSPS) is 12.6. The molecule has 1 N–H and O–H groups in total. The third-order valence-electron chi connectivity index (χ3n) is 1.55. The molecule has 2 heteroatoms. The van der Waals surface area contributed by atoms with Crippen molar-refractivity contribution < 1.29 is 9.90 Å². The zero-order valence-corrected chi connectivity index (χ0v) is 9.00. The second kappa shape index (κ2) is 5.79. The van der Waals surface area contributed by atoms with Crippen molar-refractivity contribution in [3.63, 3.8) is 0 Å². The van der Waals surface area contributed by atoms with E-state index in [-0.39, 0.29) is 11.5 Å². The first kappa shape index (κ1) is 12.2. The number of aliphatic hydroxyl groups is 1. The highest BCUT2D eigenvalue weighted by Crippen LogP contribution is 2.09. The average molecular weight is 184 g/mol. The van der Waals surface area contributed by atoms with Crippen molar-refractivity contribution in [1.29, 1.82) is 0 Å². The lowest BCUT2D eigenvalue weighted by molar-refractivity contribution is -0.115. The van der Waals surface area contributed by atoms with Crippen LogP contribution in [0.25, 0.3) is 0 Å². The maximum absolute atomic E-state index is 11.2. The highest BCUT2D eigenvalue weighted by molar-refractivity contribution is 5.90. The molecule has 0 spiro atoms. The van der Waals surface area contributed by atoms with Crippen LogP contribution in [-0.4, -0.2) is 10.9 Å². The molecule has 0 fully saturated rings. The fraction of sp³-hybridized carbons (Fsp3) is 0.727. The fourth-order valence-corrected chi connectivity index (χ4v) is 1.12. The van der Waals surface area contributed by atoms with Gasteiger partial charge in [0.1, 0.15) is 0 Å². The predicted octanol–water partition coefficient (Wildman–Crippen LogP) is 3.09. The summed E-state index contributed by atoms with van der Waals surface area (Å²) < 4.78 is 0. The van der Waals surface area contributed by atoms with Crippen molar-refractivity contribution in [1.82, 2.24) is 0 Å². The summed E-state index contributed by atoms with van der Waals surface area (Å²) >= 11 is 0. The molecule has 0 bridgehead atoms. The quantitative estimate of drug-likeness (QED) is 0.526. The molecular formula is C11H20O2. The number of aliphatic hydroxyl groups excluding tert-OH is 1. The number of carbonyl (C=O) groups is 1. The van der Waals surface area contributed by atoms with Gasteiger partial charge in [-0.25, -0.2) is 0 Å². The lowest BCUT2D eigenvalue weighted by Gasteiger charge is -2.04. The van der Waals surface area contributed by atoms with Crippen molar-refractivity contribution in [3.05, 3.63) is 11.8 Å². The maximum atomic E-state index is 11.2. The molecule has 0 aromatic heterocycles. The molecule has 0 aliphatic carbocycles. The molecule has 0 rings (SSSR count). The van der Waals surface area contributed by atoms with E-state index in [0.29, 0.717) is 24.7 Å². The van der Waals surface area contributed by atoms with Crippen LogP contribution in [0, 0.1) is 11.8 Å². The second-order valence-corrected chi connectivity index (χ2v) is 4.30. The molecule has 0 aliphatic heterocycles. The molecule has 76 valence electrons. The van der Waals surface area contributed by atoms with E-state index in [1.165, 1.54) is 6.08 Å². The van der Waals surface area contributed by atoms with Gasteiger partial charge in [0.2, 0.25) is 0 Å². The van der Waals surface area contributed by atoms with Crippen molar-refractivity contribution in [3.8, 4) is 0 Å². The summed E-state index contributed by atoms with van der Waals surface area (Å²) in [6.07, 6.45) is 2.46. The smallest absolute Gasteiger partial charge is 0.159 e. The van der Waals surface area contributed by atoms with Crippen molar-refractivity contribution in [2.75, 3.05) is 0 Å². The number of hydrogen-bond acceptors (Lipinski definition) is 2. The molecule has 13 heavy (non-hydrogen) atoms. The third kappa shape index (κ3) is 7.57. The Morgan fingerprint density at radius 1 is 1.15 bits per heavy atom. The topological polar surface area (TPSA) is 37.3 Å². The minimum atomic E-state index is 0.0214. The van der Waals surface area contributed by atoms with E-state index >= 15 is 0 Å². The summed E-state index contributed by atoms with van der Waals surface area (Å²) in [5, 5.41) is 9.34. The summed E-state index contributed by atoms with van der Waals surface area (Å²) in [5.74, 6) is 0.979. The van der Waals surface area contributed by atoms with E-state index in [2.05, 4.69) is 0 Å². The minimum Gasteiger partial charge on any atom is -0.512 e. The second-order valence-electron chi connectivity index (χ2n) is 4.30. The van der Waals surface area contributed by atoms with E-state index in [1.807, 2.05) is 27.7 Å². The summed E-state index contributed by atoms with van der Waals surface area (Å²) in [6.45, 7) is 8.00. The van der Waals surface area contributed by atoms with E-state index in [4.69, 9.17) is 0 Å². The Morgan fingerprint density at radius 2 is 1.62 bits per heavy atom. The Bertz CT molecular complexity index is 190. The summed E-state index contributed by atoms with van der Waals surface area (Å²) in [5.41, 5.74) is 0. The lowest BCUT2D eigenvalue weighted by atomic mass is 10.0. The molecule has 0 amide bonds. The van der Waals surface area contributed by atoms with Gasteiger partial charge >= 0.3 is 0 Å². The summed E-state index contributed by atoms with van der Waals surface area (Å²) in [4.78, 5) is 11.2. The molecule has 0 heterocycles. The summed E-state index contributed by atoms with van der Waals surface area (Å²) in [6, 6.07) is 0. The van der Waals surface area contributed by atoms with Gasteiger partial charge in [0.15, 0.2) is 5.78 Å². The minimum absolute atomic E-state index is 0.0214. The lowest BCUT2D eigenvalue weighted by Crippen LogP contribution is -2.01. The van der Waals surface area contributed by atoms with Crippen LogP contribution < -0.4 is 0 Å². The zero-order chi connectivity index (χ0) is 10.4. The Morgan fingerprint density at radius 3 is 2.00 bits per heavy atom. The van der Waals surface area contributed by atoms with Crippen LogP contribution >= 0.6 is 0 Å². The average Bonchev–Trinajstić information content (AvgIpc) is 1.80. The van der Waals surface area contributed by atoms with Crippen LogP contribution in [0.3, 0.4) is 0 Å². The van der Waals surface area contributed by atoms with E-state index < -0.39 is 0 Å². The van der Waals surface area contributed by atoms with Crippen LogP contribution in [0.1, 0.15) is 40.5 Å². The Hall–Kier alpha value is -0.790. The number of carbonyl (C=O) groups excluding carboxylic acids is 1. The van der Waals surface area contributed by atoms with Crippen LogP contribution in [0.4, 0.5) is 0 Å². The number of rotatable bonds is 5. The van der Waals surface area contributed by atoms with Crippen molar-refractivity contribution >= 4 is 5.78 Å².